The Hall–Kier alpha value is -2.17. The maximum atomic E-state index is 12.3. The predicted molar refractivity (Wildman–Crippen MR) is 91.1 cm³/mol. The number of Topliss-reactive ketones (excluding diaryl/α,β-unsaturated/α-hetero) is 1. The quantitative estimate of drug-likeness (QED) is 0.940. The number of hydrogen-bond donors (Lipinski definition) is 1. The van der Waals surface area contributed by atoms with Crippen molar-refractivity contribution >= 4 is 22.7 Å². The molecule has 23 heavy (non-hydrogen) atoms. The molecule has 2 aromatic rings. The highest BCUT2D eigenvalue weighted by Crippen LogP contribution is 2.26. The van der Waals surface area contributed by atoms with E-state index < -0.39 is 5.41 Å². The molecule has 1 aromatic carbocycles. The Morgan fingerprint density at radius 2 is 1.78 bits per heavy atom. The van der Waals surface area contributed by atoms with Gasteiger partial charge in [0.25, 0.3) is 0 Å². The van der Waals surface area contributed by atoms with Gasteiger partial charge in [-0.1, -0.05) is 32.9 Å². The first-order valence-corrected chi connectivity index (χ1v) is 7.91. The number of carbonyl (C=O) groups is 2. The summed E-state index contributed by atoms with van der Waals surface area (Å²) in [5.74, 6) is 0.717. The number of aromatic nitrogens is 2. The summed E-state index contributed by atoms with van der Waals surface area (Å²) < 4.78 is 1.92. The molecule has 124 valence electrons. The first kappa shape index (κ1) is 17.2. The summed E-state index contributed by atoms with van der Waals surface area (Å²) in [5, 5.41) is 3.00. The van der Waals surface area contributed by atoms with E-state index >= 15 is 0 Å². The van der Waals surface area contributed by atoms with Crippen molar-refractivity contribution < 1.29 is 9.59 Å². The summed E-state index contributed by atoms with van der Waals surface area (Å²) in [4.78, 5) is 28.8. The van der Waals surface area contributed by atoms with E-state index in [4.69, 9.17) is 0 Å². The lowest BCUT2D eigenvalue weighted by Gasteiger charge is -2.23. The molecule has 5 heteroatoms. The molecule has 0 aliphatic carbocycles. The molecular weight excluding hydrogens is 290 g/mol. The average Bonchev–Trinajstić information content (AvgIpc) is 2.84. The second-order valence-corrected chi connectivity index (χ2v) is 7.06. The van der Waals surface area contributed by atoms with Crippen LogP contribution in [-0.2, 0) is 9.59 Å². The van der Waals surface area contributed by atoms with Crippen molar-refractivity contribution in [2.24, 2.45) is 5.41 Å². The van der Waals surface area contributed by atoms with E-state index in [2.05, 4.69) is 10.3 Å². The van der Waals surface area contributed by atoms with Crippen LogP contribution in [-0.4, -0.2) is 21.2 Å². The van der Waals surface area contributed by atoms with Crippen molar-refractivity contribution in [3.8, 4) is 0 Å². The smallest absolute Gasteiger partial charge is 0.225 e. The third-order valence-corrected chi connectivity index (χ3v) is 4.01. The van der Waals surface area contributed by atoms with Crippen LogP contribution in [0.1, 0.15) is 59.5 Å². The Kier molecular flexibility index (Phi) is 4.59. The van der Waals surface area contributed by atoms with E-state index in [0.29, 0.717) is 5.82 Å². The molecule has 1 aromatic heterocycles. The molecule has 5 nitrogen and oxygen atoms in total. The molecule has 1 N–H and O–H groups in total. The van der Waals surface area contributed by atoms with Crippen LogP contribution >= 0.6 is 0 Å². The van der Waals surface area contributed by atoms with Crippen LogP contribution in [0.25, 0.3) is 11.0 Å². The van der Waals surface area contributed by atoms with Crippen LogP contribution < -0.4 is 5.32 Å². The Balaban J connectivity index is 2.49. The van der Waals surface area contributed by atoms with E-state index in [9.17, 15) is 9.59 Å². The molecule has 0 saturated carbocycles. The van der Waals surface area contributed by atoms with Gasteiger partial charge in [0.05, 0.1) is 23.1 Å². The van der Waals surface area contributed by atoms with Crippen molar-refractivity contribution in [3.05, 3.63) is 30.1 Å². The fourth-order valence-electron chi connectivity index (χ4n) is 2.44. The van der Waals surface area contributed by atoms with E-state index in [1.54, 1.807) is 6.92 Å². The highest BCUT2D eigenvalue weighted by molar-refractivity contribution is 5.84. The Bertz CT molecular complexity index is 740. The second kappa shape index (κ2) is 6.14. The molecule has 1 amide bonds. The molecule has 2 atom stereocenters. The minimum Gasteiger partial charge on any atom is -0.346 e. The molecule has 0 aliphatic rings. The third kappa shape index (κ3) is 3.44. The highest BCUT2D eigenvalue weighted by atomic mass is 16.2. The lowest BCUT2D eigenvalue weighted by Crippen LogP contribution is -2.37. The minimum absolute atomic E-state index is 0.0425. The fraction of sp³-hybridized carbons (Fsp3) is 0.500. The summed E-state index contributed by atoms with van der Waals surface area (Å²) in [6.07, 6.45) is 0. The molecule has 0 bridgehead atoms. The topological polar surface area (TPSA) is 64.0 Å². The number of rotatable bonds is 4. The van der Waals surface area contributed by atoms with Gasteiger partial charge >= 0.3 is 0 Å². The first-order valence-electron chi connectivity index (χ1n) is 7.91. The number of fused-ring (bicyclic) bond motifs is 1. The van der Waals surface area contributed by atoms with Crippen molar-refractivity contribution in [2.45, 2.75) is 53.6 Å². The van der Waals surface area contributed by atoms with Crippen LogP contribution in [0.4, 0.5) is 0 Å². The van der Waals surface area contributed by atoms with Gasteiger partial charge in [0.15, 0.2) is 5.78 Å². The molecule has 0 aliphatic heterocycles. The van der Waals surface area contributed by atoms with E-state index in [1.165, 1.54) is 0 Å². The number of nitrogens with one attached hydrogen (secondary N) is 1. The van der Waals surface area contributed by atoms with Gasteiger partial charge in [0, 0.05) is 5.41 Å². The largest absolute Gasteiger partial charge is 0.346 e. The molecule has 0 spiro atoms. The molecule has 1 heterocycles. The summed E-state index contributed by atoms with van der Waals surface area (Å²) in [6.45, 7) is 10.9. The SMILES string of the molecule is CC(=O)C(C)n1c(C(C)NC(=O)C(C)(C)C)nc2ccccc21. The molecule has 0 radical (unpaired) electrons. The number of nitrogens with zero attached hydrogens (tertiary/aromatic N) is 2. The van der Waals surface area contributed by atoms with Crippen LogP contribution in [0.2, 0.25) is 0 Å². The molecule has 0 saturated heterocycles. The maximum Gasteiger partial charge on any atom is 0.225 e. The van der Waals surface area contributed by atoms with Gasteiger partial charge in [-0.05, 0) is 32.9 Å². The van der Waals surface area contributed by atoms with Crippen molar-refractivity contribution in [1.82, 2.24) is 14.9 Å². The van der Waals surface area contributed by atoms with Crippen molar-refractivity contribution in [2.75, 3.05) is 0 Å². The lowest BCUT2D eigenvalue weighted by molar-refractivity contribution is -0.129. The first-order chi connectivity index (χ1) is 10.6. The lowest BCUT2D eigenvalue weighted by atomic mass is 9.95. The van der Waals surface area contributed by atoms with Crippen LogP contribution in [0.15, 0.2) is 24.3 Å². The predicted octanol–water partition coefficient (Wildman–Crippen LogP) is 3.41. The van der Waals surface area contributed by atoms with Gasteiger partial charge in [0.1, 0.15) is 5.82 Å². The van der Waals surface area contributed by atoms with Gasteiger partial charge < -0.3 is 9.88 Å². The van der Waals surface area contributed by atoms with E-state index in [1.807, 2.05) is 63.5 Å². The fourth-order valence-corrected chi connectivity index (χ4v) is 2.44. The van der Waals surface area contributed by atoms with Crippen molar-refractivity contribution in [1.29, 1.82) is 0 Å². The maximum absolute atomic E-state index is 12.3. The molecule has 0 fully saturated rings. The van der Waals surface area contributed by atoms with Gasteiger partial charge in [-0.2, -0.15) is 0 Å². The number of amides is 1. The monoisotopic (exact) mass is 315 g/mol. The van der Waals surface area contributed by atoms with Gasteiger partial charge in [0.2, 0.25) is 5.91 Å². The standard InChI is InChI=1S/C18H25N3O2/c1-11(19-17(23)18(4,5)6)16-20-14-9-7-8-10-15(14)21(16)12(2)13(3)22/h7-12H,1-6H3,(H,19,23). The number of benzene rings is 1. The van der Waals surface area contributed by atoms with Crippen molar-refractivity contribution in [3.63, 3.8) is 0 Å². The number of hydrogen-bond acceptors (Lipinski definition) is 3. The zero-order valence-corrected chi connectivity index (χ0v) is 14.7. The third-order valence-electron chi connectivity index (χ3n) is 4.01. The second-order valence-electron chi connectivity index (χ2n) is 7.06. The average molecular weight is 315 g/mol. The minimum atomic E-state index is -0.475. The summed E-state index contributed by atoms with van der Waals surface area (Å²) >= 11 is 0. The number of ketones is 1. The zero-order chi connectivity index (χ0) is 17.4. The Morgan fingerprint density at radius 1 is 1.17 bits per heavy atom. The Labute approximate surface area is 137 Å². The van der Waals surface area contributed by atoms with Gasteiger partial charge in [-0.15, -0.1) is 0 Å². The Morgan fingerprint density at radius 3 is 2.35 bits per heavy atom. The number of para-hydroxylation sites is 2. The van der Waals surface area contributed by atoms with Crippen LogP contribution in [0, 0.1) is 5.41 Å². The number of carbonyl (C=O) groups excluding carboxylic acids is 2. The molecular formula is C18H25N3O2. The van der Waals surface area contributed by atoms with E-state index in [0.717, 1.165) is 11.0 Å². The summed E-state index contributed by atoms with van der Waals surface area (Å²) in [5.41, 5.74) is 1.26. The van der Waals surface area contributed by atoms with Crippen LogP contribution in [0.5, 0.6) is 0 Å². The zero-order valence-electron chi connectivity index (χ0n) is 14.7. The number of imidazole rings is 1. The van der Waals surface area contributed by atoms with E-state index in [-0.39, 0.29) is 23.8 Å². The highest BCUT2D eigenvalue weighted by Gasteiger charge is 2.27. The van der Waals surface area contributed by atoms with Crippen LogP contribution in [0.3, 0.4) is 0 Å². The molecule has 2 rings (SSSR count). The van der Waals surface area contributed by atoms with Gasteiger partial charge in [-0.25, -0.2) is 4.98 Å². The summed E-state index contributed by atoms with van der Waals surface area (Å²) in [6, 6.07) is 7.10. The normalized spacial score (nSPS) is 14.5. The van der Waals surface area contributed by atoms with Gasteiger partial charge in [-0.3, -0.25) is 9.59 Å². The summed E-state index contributed by atoms with van der Waals surface area (Å²) in [7, 11) is 0. The molecule has 2 unspecified atom stereocenters.